The molecule has 3 nitrogen and oxygen atoms in total. The highest BCUT2D eigenvalue weighted by Gasteiger charge is 2.29. The van der Waals surface area contributed by atoms with Crippen LogP contribution in [0.5, 0.6) is 0 Å². The Kier molecular flexibility index (Phi) is 3.76. The molecule has 0 saturated carbocycles. The van der Waals surface area contributed by atoms with E-state index in [0.717, 1.165) is 5.56 Å². The molecule has 0 aromatic heterocycles. The van der Waals surface area contributed by atoms with E-state index in [1.165, 1.54) is 0 Å². The lowest BCUT2D eigenvalue weighted by atomic mass is 9.96. The van der Waals surface area contributed by atoms with Crippen LogP contribution in [0.2, 0.25) is 5.02 Å². The number of aliphatic hydroxyl groups excluding tert-OH is 1. The molecule has 0 bridgehead atoms. The first-order valence-corrected chi connectivity index (χ1v) is 7.80. The zero-order valence-corrected chi connectivity index (χ0v) is 10.9. The highest BCUT2D eigenvalue weighted by molar-refractivity contribution is 7.91. The van der Waals surface area contributed by atoms with Gasteiger partial charge in [0, 0.05) is 5.02 Å². The van der Waals surface area contributed by atoms with Crippen molar-refractivity contribution in [2.24, 2.45) is 5.92 Å². The van der Waals surface area contributed by atoms with E-state index in [1.807, 2.05) is 0 Å². The van der Waals surface area contributed by atoms with E-state index in [-0.39, 0.29) is 17.4 Å². The van der Waals surface area contributed by atoms with Crippen molar-refractivity contribution in [2.75, 3.05) is 11.5 Å². The number of aliphatic hydroxyl groups is 1. The quantitative estimate of drug-likeness (QED) is 0.919. The Balaban J connectivity index is 2.00. The van der Waals surface area contributed by atoms with E-state index in [0.29, 0.717) is 17.9 Å². The lowest BCUT2D eigenvalue weighted by Crippen LogP contribution is -2.09. The van der Waals surface area contributed by atoms with Crippen molar-refractivity contribution in [2.45, 2.75) is 18.9 Å². The van der Waals surface area contributed by atoms with Crippen LogP contribution in [0.25, 0.3) is 0 Å². The highest BCUT2D eigenvalue weighted by Crippen LogP contribution is 2.29. The van der Waals surface area contributed by atoms with Crippen molar-refractivity contribution >= 4 is 21.4 Å². The van der Waals surface area contributed by atoms with E-state index >= 15 is 0 Å². The topological polar surface area (TPSA) is 54.4 Å². The lowest BCUT2D eigenvalue weighted by molar-refractivity contribution is 0.149. The van der Waals surface area contributed by atoms with Crippen molar-refractivity contribution in [3.05, 3.63) is 34.9 Å². The first kappa shape index (κ1) is 12.9. The summed E-state index contributed by atoms with van der Waals surface area (Å²) >= 11 is 5.84. The highest BCUT2D eigenvalue weighted by atomic mass is 35.5. The van der Waals surface area contributed by atoms with E-state index in [9.17, 15) is 13.5 Å². The van der Waals surface area contributed by atoms with Gasteiger partial charge in [0.2, 0.25) is 0 Å². The van der Waals surface area contributed by atoms with Gasteiger partial charge in [0.25, 0.3) is 0 Å². The number of sulfone groups is 1. The van der Waals surface area contributed by atoms with Crippen molar-refractivity contribution in [3.8, 4) is 0 Å². The van der Waals surface area contributed by atoms with Gasteiger partial charge < -0.3 is 5.11 Å². The molecule has 2 unspecified atom stereocenters. The Morgan fingerprint density at radius 2 is 2.24 bits per heavy atom. The van der Waals surface area contributed by atoms with Crippen LogP contribution in [-0.2, 0) is 9.84 Å². The first-order chi connectivity index (χ1) is 7.96. The van der Waals surface area contributed by atoms with Gasteiger partial charge in [0.15, 0.2) is 9.84 Å². The fraction of sp³-hybridized carbons (Fsp3) is 0.500. The number of benzene rings is 1. The van der Waals surface area contributed by atoms with Gasteiger partial charge in [0.1, 0.15) is 0 Å². The molecule has 5 heteroatoms. The molecule has 2 atom stereocenters. The predicted octanol–water partition coefficient (Wildman–Crippen LogP) is 2.20. The molecule has 1 fully saturated rings. The smallest absolute Gasteiger partial charge is 0.150 e. The van der Waals surface area contributed by atoms with Gasteiger partial charge in [-0.05, 0) is 36.5 Å². The third kappa shape index (κ3) is 3.44. The standard InChI is InChI=1S/C12H15ClO3S/c13-11-3-1-2-10(7-11)12(14)6-9-4-5-17(15,16)8-9/h1-3,7,9,12,14H,4-6,8H2. The second-order valence-corrected chi connectivity index (χ2v) is 7.24. The zero-order valence-electron chi connectivity index (χ0n) is 9.34. The van der Waals surface area contributed by atoms with Crippen LogP contribution in [0.15, 0.2) is 24.3 Å². The lowest BCUT2D eigenvalue weighted by Gasteiger charge is -2.14. The molecule has 1 aliphatic rings. The molecule has 17 heavy (non-hydrogen) atoms. The second-order valence-electron chi connectivity index (χ2n) is 4.58. The minimum Gasteiger partial charge on any atom is -0.388 e. The van der Waals surface area contributed by atoms with Crippen LogP contribution in [0.3, 0.4) is 0 Å². The van der Waals surface area contributed by atoms with E-state index in [1.54, 1.807) is 24.3 Å². The summed E-state index contributed by atoms with van der Waals surface area (Å²) in [4.78, 5) is 0. The van der Waals surface area contributed by atoms with Crippen LogP contribution < -0.4 is 0 Å². The summed E-state index contributed by atoms with van der Waals surface area (Å²) in [7, 11) is -2.87. The van der Waals surface area contributed by atoms with Gasteiger partial charge >= 0.3 is 0 Å². The van der Waals surface area contributed by atoms with Crippen molar-refractivity contribution in [3.63, 3.8) is 0 Å². The number of rotatable bonds is 3. The maximum Gasteiger partial charge on any atom is 0.150 e. The average Bonchev–Trinajstić information content (AvgIpc) is 2.58. The van der Waals surface area contributed by atoms with Gasteiger partial charge in [0.05, 0.1) is 17.6 Å². The third-order valence-electron chi connectivity index (χ3n) is 3.12. The van der Waals surface area contributed by atoms with Crippen molar-refractivity contribution in [1.82, 2.24) is 0 Å². The van der Waals surface area contributed by atoms with E-state index in [4.69, 9.17) is 11.6 Å². The van der Waals surface area contributed by atoms with E-state index < -0.39 is 15.9 Å². The van der Waals surface area contributed by atoms with Gasteiger partial charge in [-0.2, -0.15) is 0 Å². The molecule has 0 spiro atoms. The molecule has 0 aliphatic carbocycles. The Morgan fingerprint density at radius 1 is 1.47 bits per heavy atom. The largest absolute Gasteiger partial charge is 0.388 e. The zero-order chi connectivity index (χ0) is 12.5. The average molecular weight is 275 g/mol. The summed E-state index contributed by atoms with van der Waals surface area (Å²) in [6.45, 7) is 0. The van der Waals surface area contributed by atoms with Crippen LogP contribution in [-0.4, -0.2) is 25.0 Å². The first-order valence-electron chi connectivity index (χ1n) is 5.60. The fourth-order valence-corrected chi connectivity index (χ4v) is 4.30. The predicted molar refractivity (Wildman–Crippen MR) is 67.8 cm³/mol. The van der Waals surface area contributed by atoms with Crippen LogP contribution in [0, 0.1) is 5.92 Å². The Labute approximate surface area is 106 Å². The van der Waals surface area contributed by atoms with Gasteiger partial charge in [-0.3, -0.25) is 0 Å². The van der Waals surface area contributed by atoms with Crippen LogP contribution >= 0.6 is 11.6 Å². The molecule has 0 radical (unpaired) electrons. The normalized spacial score (nSPS) is 24.7. The molecular formula is C12H15ClO3S. The summed E-state index contributed by atoms with van der Waals surface area (Å²) in [6.07, 6.45) is 0.506. The molecule has 1 aliphatic heterocycles. The van der Waals surface area contributed by atoms with Gasteiger partial charge in [-0.1, -0.05) is 23.7 Å². The van der Waals surface area contributed by atoms with Crippen LogP contribution in [0.4, 0.5) is 0 Å². The van der Waals surface area contributed by atoms with Crippen molar-refractivity contribution in [1.29, 1.82) is 0 Å². The number of halogens is 1. The molecule has 1 aromatic rings. The number of hydrogen-bond donors (Lipinski definition) is 1. The van der Waals surface area contributed by atoms with E-state index in [2.05, 4.69) is 0 Å². The number of hydrogen-bond acceptors (Lipinski definition) is 3. The summed E-state index contributed by atoms with van der Waals surface area (Å²) < 4.78 is 22.6. The Hall–Kier alpha value is -0.580. The molecule has 1 aromatic carbocycles. The molecule has 1 heterocycles. The Bertz CT molecular complexity index is 498. The molecular weight excluding hydrogens is 260 g/mol. The SMILES string of the molecule is O=S1(=O)CCC(CC(O)c2cccc(Cl)c2)C1. The fourth-order valence-electron chi connectivity index (χ4n) is 2.22. The molecule has 0 amide bonds. The minimum atomic E-state index is -2.87. The van der Waals surface area contributed by atoms with Gasteiger partial charge in [-0.25, -0.2) is 8.42 Å². The summed E-state index contributed by atoms with van der Waals surface area (Å²) in [5.41, 5.74) is 0.752. The molecule has 1 N–H and O–H groups in total. The third-order valence-corrected chi connectivity index (χ3v) is 5.19. The van der Waals surface area contributed by atoms with Gasteiger partial charge in [-0.15, -0.1) is 0 Å². The summed E-state index contributed by atoms with van der Waals surface area (Å²) in [6, 6.07) is 7.06. The summed E-state index contributed by atoms with van der Waals surface area (Å²) in [5, 5.41) is 10.6. The second kappa shape index (κ2) is 4.96. The summed E-state index contributed by atoms with van der Waals surface area (Å²) in [5.74, 6) is 0.513. The molecule has 2 rings (SSSR count). The Morgan fingerprint density at radius 3 is 2.82 bits per heavy atom. The van der Waals surface area contributed by atoms with Crippen molar-refractivity contribution < 1.29 is 13.5 Å². The maximum absolute atomic E-state index is 11.3. The monoisotopic (exact) mass is 274 g/mol. The minimum absolute atomic E-state index is 0.0639. The molecule has 94 valence electrons. The van der Waals surface area contributed by atoms with Crippen LogP contribution in [0.1, 0.15) is 24.5 Å². The maximum atomic E-state index is 11.3. The molecule has 1 saturated heterocycles.